The second-order valence-electron chi connectivity index (χ2n) is 5.11. The van der Waals surface area contributed by atoms with E-state index in [0.717, 1.165) is 39.3 Å². The van der Waals surface area contributed by atoms with Crippen molar-refractivity contribution in [2.24, 2.45) is 11.3 Å². The summed E-state index contributed by atoms with van der Waals surface area (Å²) in [5.41, 5.74) is 0.210. The minimum Gasteiger partial charge on any atom is -0.384 e. The van der Waals surface area contributed by atoms with E-state index in [1.807, 2.05) is 0 Å². The zero-order valence-corrected chi connectivity index (χ0v) is 10.3. The molecule has 1 aliphatic rings. The number of rotatable bonds is 6. The van der Waals surface area contributed by atoms with Gasteiger partial charge in [-0.05, 0) is 25.3 Å². The molecule has 0 radical (unpaired) electrons. The molecule has 0 saturated carbocycles. The molecule has 1 rings (SSSR count). The minimum atomic E-state index is 0.210. The zero-order chi connectivity index (χ0) is 11.1. The van der Waals surface area contributed by atoms with Crippen molar-refractivity contribution in [3.63, 3.8) is 0 Å². The van der Waals surface area contributed by atoms with Gasteiger partial charge < -0.3 is 14.8 Å². The van der Waals surface area contributed by atoms with Crippen LogP contribution in [-0.2, 0) is 9.47 Å². The van der Waals surface area contributed by atoms with Gasteiger partial charge >= 0.3 is 0 Å². The lowest BCUT2D eigenvalue weighted by molar-refractivity contribution is -0.0477. The van der Waals surface area contributed by atoms with Gasteiger partial charge in [-0.2, -0.15) is 0 Å². The first-order valence-corrected chi connectivity index (χ1v) is 5.96. The van der Waals surface area contributed by atoms with E-state index in [1.165, 1.54) is 6.42 Å². The van der Waals surface area contributed by atoms with E-state index in [-0.39, 0.29) is 5.41 Å². The average Bonchev–Trinajstić information content (AvgIpc) is 2.19. The van der Waals surface area contributed by atoms with Gasteiger partial charge in [0, 0.05) is 25.7 Å². The van der Waals surface area contributed by atoms with E-state index in [1.54, 1.807) is 7.11 Å². The van der Waals surface area contributed by atoms with E-state index < -0.39 is 0 Å². The van der Waals surface area contributed by atoms with Crippen molar-refractivity contribution in [2.75, 3.05) is 40.0 Å². The quantitative estimate of drug-likeness (QED) is 0.731. The van der Waals surface area contributed by atoms with E-state index in [9.17, 15) is 0 Å². The molecule has 0 aromatic heterocycles. The van der Waals surface area contributed by atoms with Crippen LogP contribution < -0.4 is 5.32 Å². The zero-order valence-electron chi connectivity index (χ0n) is 10.3. The maximum absolute atomic E-state index is 5.58. The molecule has 90 valence electrons. The number of hydrogen-bond acceptors (Lipinski definition) is 3. The van der Waals surface area contributed by atoms with Crippen LogP contribution in [0.25, 0.3) is 0 Å². The summed E-state index contributed by atoms with van der Waals surface area (Å²) in [6, 6.07) is 0. The van der Waals surface area contributed by atoms with E-state index in [4.69, 9.17) is 9.47 Å². The average molecular weight is 215 g/mol. The van der Waals surface area contributed by atoms with Gasteiger partial charge in [-0.1, -0.05) is 13.8 Å². The van der Waals surface area contributed by atoms with E-state index >= 15 is 0 Å². The Kier molecular flexibility index (Phi) is 5.58. The fourth-order valence-electron chi connectivity index (χ4n) is 2.15. The Morgan fingerprint density at radius 1 is 1.47 bits per heavy atom. The molecule has 0 aromatic carbocycles. The third kappa shape index (κ3) is 4.49. The predicted molar refractivity (Wildman–Crippen MR) is 62.1 cm³/mol. The fraction of sp³-hybridized carbons (Fsp3) is 1.00. The van der Waals surface area contributed by atoms with Crippen molar-refractivity contribution >= 4 is 0 Å². The molecular formula is C12H25NO2. The molecule has 1 heterocycles. The monoisotopic (exact) mass is 215 g/mol. The lowest BCUT2D eigenvalue weighted by Gasteiger charge is -2.36. The van der Waals surface area contributed by atoms with Gasteiger partial charge in [0.2, 0.25) is 0 Å². The standard InChI is InChI=1S/C12H25NO2/c1-11(2)7-13-8-12(9-14-3)5-4-6-15-10-12/h11,13H,4-10H2,1-3H3. The van der Waals surface area contributed by atoms with Crippen LogP contribution in [0.2, 0.25) is 0 Å². The highest BCUT2D eigenvalue weighted by molar-refractivity contribution is 4.84. The fourth-order valence-corrected chi connectivity index (χ4v) is 2.15. The number of ether oxygens (including phenoxy) is 2. The molecule has 3 heteroatoms. The van der Waals surface area contributed by atoms with Crippen LogP contribution in [0.1, 0.15) is 26.7 Å². The molecule has 1 fully saturated rings. The van der Waals surface area contributed by atoms with E-state index in [2.05, 4.69) is 19.2 Å². The third-order valence-corrected chi connectivity index (χ3v) is 2.91. The molecule has 3 nitrogen and oxygen atoms in total. The molecule has 0 aromatic rings. The largest absolute Gasteiger partial charge is 0.384 e. The van der Waals surface area contributed by atoms with Gasteiger partial charge in [-0.15, -0.1) is 0 Å². The lowest BCUT2D eigenvalue weighted by atomic mass is 9.83. The summed E-state index contributed by atoms with van der Waals surface area (Å²) < 4.78 is 10.9. The molecule has 0 amide bonds. The summed E-state index contributed by atoms with van der Waals surface area (Å²) in [6.07, 6.45) is 2.37. The van der Waals surface area contributed by atoms with Crippen molar-refractivity contribution in [3.05, 3.63) is 0 Å². The third-order valence-electron chi connectivity index (χ3n) is 2.91. The summed E-state index contributed by atoms with van der Waals surface area (Å²) in [6.45, 7) is 9.10. The molecule has 1 aliphatic heterocycles. The first-order valence-electron chi connectivity index (χ1n) is 5.96. The summed E-state index contributed by atoms with van der Waals surface area (Å²) in [5, 5.41) is 3.52. The second-order valence-corrected chi connectivity index (χ2v) is 5.11. The van der Waals surface area contributed by atoms with Crippen LogP contribution in [0.4, 0.5) is 0 Å². The predicted octanol–water partition coefficient (Wildman–Crippen LogP) is 1.68. The Morgan fingerprint density at radius 2 is 2.27 bits per heavy atom. The Hall–Kier alpha value is -0.120. The van der Waals surface area contributed by atoms with Crippen molar-refractivity contribution < 1.29 is 9.47 Å². The van der Waals surface area contributed by atoms with Crippen LogP contribution in [0.3, 0.4) is 0 Å². The summed E-state index contributed by atoms with van der Waals surface area (Å²) in [7, 11) is 1.78. The molecule has 1 N–H and O–H groups in total. The van der Waals surface area contributed by atoms with Gasteiger partial charge in [-0.25, -0.2) is 0 Å². The van der Waals surface area contributed by atoms with Crippen molar-refractivity contribution in [1.82, 2.24) is 5.32 Å². The van der Waals surface area contributed by atoms with Crippen molar-refractivity contribution in [3.8, 4) is 0 Å². The van der Waals surface area contributed by atoms with Crippen molar-refractivity contribution in [2.45, 2.75) is 26.7 Å². The van der Waals surface area contributed by atoms with Gasteiger partial charge in [0.15, 0.2) is 0 Å². The summed E-state index contributed by atoms with van der Waals surface area (Å²) in [4.78, 5) is 0. The molecule has 0 aliphatic carbocycles. The first-order chi connectivity index (χ1) is 7.18. The highest BCUT2D eigenvalue weighted by Gasteiger charge is 2.32. The maximum atomic E-state index is 5.58. The van der Waals surface area contributed by atoms with E-state index in [0.29, 0.717) is 5.92 Å². The lowest BCUT2D eigenvalue weighted by Crippen LogP contribution is -2.45. The minimum absolute atomic E-state index is 0.210. The van der Waals surface area contributed by atoms with Crippen LogP contribution in [0, 0.1) is 11.3 Å². The molecule has 15 heavy (non-hydrogen) atoms. The SMILES string of the molecule is COCC1(CNCC(C)C)CCCOC1. The van der Waals surface area contributed by atoms with Crippen LogP contribution >= 0.6 is 0 Å². The molecule has 1 atom stereocenters. The summed E-state index contributed by atoms with van der Waals surface area (Å²) >= 11 is 0. The normalized spacial score (nSPS) is 27.2. The molecule has 1 saturated heterocycles. The Bertz CT molecular complexity index is 159. The topological polar surface area (TPSA) is 30.5 Å². The Labute approximate surface area is 93.5 Å². The first kappa shape index (κ1) is 12.9. The van der Waals surface area contributed by atoms with Gasteiger partial charge in [-0.3, -0.25) is 0 Å². The molecule has 0 bridgehead atoms. The smallest absolute Gasteiger partial charge is 0.0556 e. The second kappa shape index (κ2) is 6.46. The molecule has 1 unspecified atom stereocenters. The van der Waals surface area contributed by atoms with Crippen LogP contribution in [0.5, 0.6) is 0 Å². The highest BCUT2D eigenvalue weighted by Crippen LogP contribution is 2.28. The van der Waals surface area contributed by atoms with Crippen LogP contribution in [-0.4, -0.2) is 40.0 Å². The van der Waals surface area contributed by atoms with Crippen molar-refractivity contribution in [1.29, 1.82) is 0 Å². The molecule has 0 spiro atoms. The maximum Gasteiger partial charge on any atom is 0.0556 e. The van der Waals surface area contributed by atoms with Crippen LogP contribution in [0.15, 0.2) is 0 Å². The summed E-state index contributed by atoms with van der Waals surface area (Å²) in [5.74, 6) is 0.703. The van der Waals surface area contributed by atoms with Gasteiger partial charge in [0.25, 0.3) is 0 Å². The molecular weight excluding hydrogens is 190 g/mol. The van der Waals surface area contributed by atoms with Gasteiger partial charge in [0.05, 0.1) is 13.2 Å². The number of methoxy groups -OCH3 is 1. The Balaban J connectivity index is 2.34. The Morgan fingerprint density at radius 3 is 2.80 bits per heavy atom. The number of hydrogen-bond donors (Lipinski definition) is 1. The van der Waals surface area contributed by atoms with Gasteiger partial charge in [0.1, 0.15) is 0 Å². The highest BCUT2D eigenvalue weighted by atomic mass is 16.5. The number of nitrogens with one attached hydrogen (secondary N) is 1.